The lowest BCUT2D eigenvalue weighted by molar-refractivity contribution is 0.599. The van der Waals surface area contributed by atoms with E-state index in [1.54, 1.807) is 0 Å². The van der Waals surface area contributed by atoms with E-state index >= 15 is 0 Å². The van der Waals surface area contributed by atoms with Crippen molar-refractivity contribution < 1.29 is 0 Å². The normalized spacial score (nSPS) is 11.5. The van der Waals surface area contributed by atoms with Gasteiger partial charge in [-0.3, -0.25) is 0 Å². The van der Waals surface area contributed by atoms with E-state index in [0.29, 0.717) is 11.8 Å². The Hall–Kier alpha value is -1.71. The summed E-state index contributed by atoms with van der Waals surface area (Å²) in [5.74, 6) is 2.10. The molecular formula is C15H22N4. The van der Waals surface area contributed by atoms with E-state index in [1.165, 1.54) is 5.56 Å². The number of hydrogen-bond acceptors (Lipinski definition) is 3. The van der Waals surface area contributed by atoms with Crippen LogP contribution in [0.3, 0.4) is 0 Å². The summed E-state index contributed by atoms with van der Waals surface area (Å²) in [6, 6.07) is 8.38. The predicted octanol–water partition coefficient (Wildman–Crippen LogP) is 3.06. The van der Waals surface area contributed by atoms with Crippen molar-refractivity contribution in [3.63, 3.8) is 0 Å². The van der Waals surface area contributed by atoms with Gasteiger partial charge in [0.25, 0.3) is 0 Å². The molecule has 1 aromatic heterocycles. The molecule has 0 radical (unpaired) electrons. The molecule has 102 valence electrons. The van der Waals surface area contributed by atoms with Crippen LogP contribution < -0.4 is 0 Å². The smallest absolute Gasteiger partial charge is 0.156 e. The van der Waals surface area contributed by atoms with Crippen LogP contribution in [-0.2, 0) is 12.8 Å². The Morgan fingerprint density at radius 2 is 1.68 bits per heavy atom. The van der Waals surface area contributed by atoms with E-state index in [-0.39, 0.29) is 0 Å². The first-order valence-electron chi connectivity index (χ1n) is 6.93. The van der Waals surface area contributed by atoms with Crippen LogP contribution in [0.2, 0.25) is 0 Å². The maximum atomic E-state index is 4.16. The molecule has 0 fully saturated rings. The van der Waals surface area contributed by atoms with E-state index in [1.807, 2.05) is 10.7 Å². The zero-order valence-electron chi connectivity index (χ0n) is 12.2. The first-order chi connectivity index (χ1) is 9.08. The number of tetrazole rings is 1. The second-order valence-electron chi connectivity index (χ2n) is 5.83. The fraction of sp³-hybridized carbons (Fsp3) is 0.533. The summed E-state index contributed by atoms with van der Waals surface area (Å²) in [5.41, 5.74) is 2.41. The Labute approximate surface area is 114 Å². The summed E-state index contributed by atoms with van der Waals surface area (Å²) in [4.78, 5) is 0. The second-order valence-corrected chi connectivity index (χ2v) is 5.83. The monoisotopic (exact) mass is 258 g/mol. The summed E-state index contributed by atoms with van der Waals surface area (Å²) in [6.45, 7) is 8.81. The molecule has 0 aliphatic rings. The van der Waals surface area contributed by atoms with Crippen molar-refractivity contribution in [3.05, 3.63) is 35.7 Å². The molecule has 2 rings (SSSR count). The SMILES string of the molecule is CC(C)Cc1ccccc1-n1nnnc1CC(C)C. The first kappa shape index (κ1) is 13.7. The lowest BCUT2D eigenvalue weighted by Crippen LogP contribution is -2.09. The van der Waals surface area contributed by atoms with Crippen molar-refractivity contribution in [3.8, 4) is 5.69 Å². The summed E-state index contributed by atoms with van der Waals surface area (Å²) in [6.07, 6.45) is 1.93. The van der Waals surface area contributed by atoms with Crippen molar-refractivity contribution >= 4 is 0 Å². The van der Waals surface area contributed by atoms with Crippen LogP contribution in [0.1, 0.15) is 39.1 Å². The Bertz CT molecular complexity index is 528. The predicted molar refractivity (Wildman–Crippen MR) is 76.2 cm³/mol. The molecule has 1 aromatic carbocycles. The molecule has 4 heteroatoms. The molecule has 0 aliphatic heterocycles. The van der Waals surface area contributed by atoms with Crippen LogP contribution >= 0.6 is 0 Å². The third kappa shape index (κ3) is 3.40. The van der Waals surface area contributed by atoms with Gasteiger partial charge in [0.05, 0.1) is 5.69 Å². The van der Waals surface area contributed by atoms with Crippen molar-refractivity contribution in [2.24, 2.45) is 11.8 Å². The molecule has 0 saturated heterocycles. The number of nitrogens with zero attached hydrogens (tertiary/aromatic N) is 4. The lowest BCUT2D eigenvalue weighted by Gasteiger charge is -2.13. The third-order valence-electron chi connectivity index (χ3n) is 2.97. The number of rotatable bonds is 5. The molecule has 0 aliphatic carbocycles. The van der Waals surface area contributed by atoms with Crippen LogP contribution in [0.4, 0.5) is 0 Å². The molecular weight excluding hydrogens is 236 g/mol. The highest BCUT2D eigenvalue weighted by molar-refractivity contribution is 5.40. The van der Waals surface area contributed by atoms with Gasteiger partial charge in [0.1, 0.15) is 0 Å². The fourth-order valence-corrected chi connectivity index (χ4v) is 2.22. The first-order valence-corrected chi connectivity index (χ1v) is 6.93. The number of benzene rings is 1. The largest absolute Gasteiger partial charge is 0.197 e. The average molecular weight is 258 g/mol. The molecule has 0 saturated carbocycles. The van der Waals surface area contributed by atoms with Gasteiger partial charge in [0.2, 0.25) is 0 Å². The molecule has 1 heterocycles. The van der Waals surface area contributed by atoms with Crippen LogP contribution in [0.25, 0.3) is 5.69 Å². The van der Waals surface area contributed by atoms with E-state index < -0.39 is 0 Å². The molecule has 0 unspecified atom stereocenters. The third-order valence-corrected chi connectivity index (χ3v) is 2.97. The fourth-order valence-electron chi connectivity index (χ4n) is 2.22. The maximum absolute atomic E-state index is 4.16. The van der Waals surface area contributed by atoms with Crippen molar-refractivity contribution in [2.45, 2.75) is 40.5 Å². The Balaban J connectivity index is 2.38. The highest BCUT2D eigenvalue weighted by Gasteiger charge is 2.13. The van der Waals surface area contributed by atoms with Crippen molar-refractivity contribution in [1.82, 2.24) is 20.2 Å². The highest BCUT2D eigenvalue weighted by Crippen LogP contribution is 2.19. The summed E-state index contributed by atoms with van der Waals surface area (Å²) < 4.78 is 1.89. The molecule has 0 bridgehead atoms. The van der Waals surface area contributed by atoms with Gasteiger partial charge < -0.3 is 0 Å². The van der Waals surface area contributed by atoms with E-state index in [4.69, 9.17) is 0 Å². The van der Waals surface area contributed by atoms with Crippen LogP contribution in [0, 0.1) is 11.8 Å². The average Bonchev–Trinajstić information content (AvgIpc) is 2.76. The maximum Gasteiger partial charge on any atom is 0.156 e. The van der Waals surface area contributed by atoms with Gasteiger partial charge in [0.15, 0.2) is 5.82 Å². The van der Waals surface area contributed by atoms with E-state index in [2.05, 4.69) is 61.4 Å². The minimum atomic E-state index is 0.544. The molecule has 0 atom stereocenters. The second kappa shape index (κ2) is 5.95. The molecule has 4 nitrogen and oxygen atoms in total. The summed E-state index contributed by atoms with van der Waals surface area (Å²) in [7, 11) is 0. The highest BCUT2D eigenvalue weighted by atomic mass is 15.5. The molecule has 0 amide bonds. The van der Waals surface area contributed by atoms with Gasteiger partial charge in [-0.25, -0.2) is 0 Å². The standard InChI is InChI=1S/C15H22N4/c1-11(2)9-13-7-5-6-8-14(13)19-15(10-12(3)4)16-17-18-19/h5-8,11-12H,9-10H2,1-4H3. The van der Waals surface area contributed by atoms with Crippen molar-refractivity contribution in [2.75, 3.05) is 0 Å². The number of hydrogen-bond donors (Lipinski definition) is 0. The lowest BCUT2D eigenvalue weighted by atomic mass is 10.0. The minimum absolute atomic E-state index is 0.544. The van der Waals surface area contributed by atoms with Gasteiger partial charge in [-0.1, -0.05) is 45.9 Å². The Morgan fingerprint density at radius 3 is 2.37 bits per heavy atom. The zero-order valence-corrected chi connectivity index (χ0v) is 12.2. The minimum Gasteiger partial charge on any atom is -0.197 e. The summed E-state index contributed by atoms with van der Waals surface area (Å²) in [5, 5.41) is 12.2. The van der Waals surface area contributed by atoms with Crippen molar-refractivity contribution in [1.29, 1.82) is 0 Å². The van der Waals surface area contributed by atoms with Gasteiger partial charge in [0, 0.05) is 6.42 Å². The topological polar surface area (TPSA) is 43.6 Å². The van der Waals surface area contributed by atoms with Crippen LogP contribution in [-0.4, -0.2) is 20.2 Å². The van der Waals surface area contributed by atoms with E-state index in [0.717, 1.165) is 24.4 Å². The Morgan fingerprint density at radius 1 is 1.00 bits per heavy atom. The molecule has 2 aromatic rings. The van der Waals surface area contributed by atoms with Gasteiger partial charge in [-0.05, 0) is 40.3 Å². The molecule has 19 heavy (non-hydrogen) atoms. The van der Waals surface area contributed by atoms with Gasteiger partial charge in [-0.15, -0.1) is 5.10 Å². The van der Waals surface area contributed by atoms with Crippen LogP contribution in [0.15, 0.2) is 24.3 Å². The Kier molecular flexibility index (Phi) is 4.30. The van der Waals surface area contributed by atoms with Crippen LogP contribution in [0.5, 0.6) is 0 Å². The van der Waals surface area contributed by atoms with Gasteiger partial charge in [-0.2, -0.15) is 4.68 Å². The molecule has 0 spiro atoms. The number of para-hydroxylation sites is 1. The van der Waals surface area contributed by atoms with E-state index in [9.17, 15) is 0 Å². The van der Waals surface area contributed by atoms with Gasteiger partial charge >= 0.3 is 0 Å². The summed E-state index contributed by atoms with van der Waals surface area (Å²) >= 11 is 0. The number of aromatic nitrogens is 4. The zero-order chi connectivity index (χ0) is 13.8. The quantitative estimate of drug-likeness (QED) is 0.828. The molecule has 0 N–H and O–H groups in total.